The second-order valence-corrected chi connectivity index (χ2v) is 4.64. The Morgan fingerprint density at radius 2 is 2.19 bits per heavy atom. The third-order valence-corrected chi connectivity index (χ3v) is 3.42. The van der Waals surface area contributed by atoms with Crippen LogP contribution in [0, 0.1) is 0 Å². The Morgan fingerprint density at radius 1 is 1.38 bits per heavy atom. The Labute approximate surface area is 100 Å². The second-order valence-electron chi connectivity index (χ2n) is 4.64. The highest BCUT2D eigenvalue weighted by atomic mass is 16.5. The lowest BCUT2D eigenvalue weighted by Gasteiger charge is -2.30. The minimum atomic E-state index is 0.330. The van der Waals surface area contributed by atoms with Crippen LogP contribution in [0.4, 0.5) is 0 Å². The highest BCUT2D eigenvalue weighted by molar-refractivity contribution is 5.15. The second kappa shape index (κ2) is 7.86. The number of rotatable bonds is 7. The Balaban J connectivity index is 2.64. The fraction of sp³-hybridized carbons (Fsp3) is 0.857. The highest BCUT2D eigenvalue weighted by Gasteiger charge is 2.23. The fourth-order valence-electron chi connectivity index (χ4n) is 2.49. The van der Waals surface area contributed by atoms with Crippen molar-refractivity contribution in [2.24, 2.45) is 0 Å². The fourth-order valence-corrected chi connectivity index (χ4v) is 2.49. The molecule has 1 aliphatic rings. The van der Waals surface area contributed by atoms with Crippen molar-refractivity contribution in [3.63, 3.8) is 0 Å². The van der Waals surface area contributed by atoms with Gasteiger partial charge in [0.25, 0.3) is 0 Å². The van der Waals surface area contributed by atoms with E-state index in [1.165, 1.54) is 32.1 Å². The summed E-state index contributed by atoms with van der Waals surface area (Å²) in [7, 11) is 1.83. The van der Waals surface area contributed by atoms with Gasteiger partial charge in [-0.25, -0.2) is 0 Å². The van der Waals surface area contributed by atoms with E-state index in [1.54, 1.807) is 5.57 Å². The molecule has 2 heteroatoms. The minimum Gasteiger partial charge on any atom is -0.380 e. The Hall–Kier alpha value is -0.340. The third kappa shape index (κ3) is 3.91. The lowest BCUT2D eigenvalue weighted by Crippen LogP contribution is -2.42. The molecule has 2 atom stereocenters. The van der Waals surface area contributed by atoms with Crippen LogP contribution in [0.5, 0.6) is 0 Å². The lowest BCUT2D eigenvalue weighted by atomic mass is 9.90. The topological polar surface area (TPSA) is 21.3 Å². The Bertz CT molecular complexity index is 209. The van der Waals surface area contributed by atoms with Gasteiger partial charge in [0.1, 0.15) is 0 Å². The largest absolute Gasteiger partial charge is 0.380 e. The van der Waals surface area contributed by atoms with Gasteiger partial charge in [-0.1, -0.05) is 25.5 Å². The predicted octanol–water partition coefficient (Wildman–Crippen LogP) is 3.28. The normalized spacial score (nSPS) is 20.3. The zero-order valence-corrected chi connectivity index (χ0v) is 11.1. The molecule has 0 fully saturated rings. The van der Waals surface area contributed by atoms with Crippen LogP contribution in [0.1, 0.15) is 52.4 Å². The summed E-state index contributed by atoms with van der Waals surface area (Å²) in [6.45, 7) is 5.51. The van der Waals surface area contributed by atoms with Crippen LogP contribution in [0.2, 0.25) is 0 Å². The number of hydrogen-bond acceptors (Lipinski definition) is 2. The van der Waals surface area contributed by atoms with Crippen LogP contribution in [0.15, 0.2) is 11.6 Å². The summed E-state index contributed by atoms with van der Waals surface area (Å²) in [6, 6.07) is 0.440. The smallest absolute Gasteiger partial charge is 0.0760 e. The van der Waals surface area contributed by atoms with E-state index >= 15 is 0 Å². The summed E-state index contributed by atoms with van der Waals surface area (Å²) in [5.41, 5.74) is 1.58. The molecule has 1 aliphatic carbocycles. The molecule has 0 aliphatic heterocycles. The van der Waals surface area contributed by atoms with Crippen LogP contribution in [0.25, 0.3) is 0 Å². The maximum atomic E-state index is 5.61. The molecular formula is C14H27NO. The Kier molecular flexibility index (Phi) is 6.74. The van der Waals surface area contributed by atoms with Gasteiger partial charge in [-0.3, -0.25) is 0 Å². The monoisotopic (exact) mass is 225 g/mol. The molecule has 94 valence electrons. The van der Waals surface area contributed by atoms with Gasteiger partial charge in [0.2, 0.25) is 0 Å². The summed E-state index contributed by atoms with van der Waals surface area (Å²) in [5.74, 6) is 0. The average Bonchev–Trinajstić information content (AvgIpc) is 2.35. The van der Waals surface area contributed by atoms with Crippen LogP contribution in [-0.4, -0.2) is 25.8 Å². The lowest BCUT2D eigenvalue weighted by molar-refractivity contribution is 0.0744. The number of allylic oxidation sites excluding steroid dienone is 1. The van der Waals surface area contributed by atoms with Gasteiger partial charge in [-0.2, -0.15) is 0 Å². The van der Waals surface area contributed by atoms with Gasteiger partial charge in [-0.05, 0) is 45.1 Å². The van der Waals surface area contributed by atoms with Crippen LogP contribution in [-0.2, 0) is 4.74 Å². The molecular weight excluding hydrogens is 198 g/mol. The molecule has 1 N–H and O–H groups in total. The molecule has 0 amide bonds. The standard InChI is InChI=1S/C14H27NO/c1-4-11-15-14(13(5-2)16-3)12-9-7-6-8-10-12/h9,13-15H,4-8,10-11H2,1-3H3. The summed E-state index contributed by atoms with van der Waals surface area (Å²) in [6.07, 6.45) is 10.2. The SMILES string of the molecule is CCCNC(C1=CCCCC1)C(CC)OC. The van der Waals surface area contributed by atoms with Crippen molar-refractivity contribution >= 4 is 0 Å². The summed E-state index contributed by atoms with van der Waals surface area (Å²) >= 11 is 0. The van der Waals surface area contributed by atoms with Crippen LogP contribution < -0.4 is 5.32 Å². The van der Waals surface area contributed by atoms with Crippen molar-refractivity contribution in [3.8, 4) is 0 Å². The van der Waals surface area contributed by atoms with Gasteiger partial charge >= 0.3 is 0 Å². The summed E-state index contributed by atoms with van der Waals surface area (Å²) in [5, 5.41) is 3.65. The van der Waals surface area contributed by atoms with E-state index in [0.29, 0.717) is 12.1 Å². The number of ether oxygens (including phenoxy) is 1. The van der Waals surface area contributed by atoms with E-state index in [2.05, 4.69) is 25.2 Å². The van der Waals surface area contributed by atoms with Crippen LogP contribution in [0.3, 0.4) is 0 Å². The molecule has 0 saturated heterocycles. The van der Waals surface area contributed by atoms with Gasteiger partial charge in [0, 0.05) is 7.11 Å². The molecule has 0 spiro atoms. The molecule has 0 bridgehead atoms. The molecule has 16 heavy (non-hydrogen) atoms. The van der Waals surface area contributed by atoms with Crippen molar-refractivity contribution in [1.29, 1.82) is 0 Å². The molecule has 0 radical (unpaired) electrons. The highest BCUT2D eigenvalue weighted by Crippen LogP contribution is 2.23. The van der Waals surface area contributed by atoms with E-state index in [9.17, 15) is 0 Å². The quantitative estimate of drug-likeness (QED) is 0.671. The van der Waals surface area contributed by atoms with Gasteiger partial charge in [-0.15, -0.1) is 0 Å². The molecule has 0 heterocycles. The van der Waals surface area contributed by atoms with E-state index in [4.69, 9.17) is 4.74 Å². The first-order valence-corrected chi connectivity index (χ1v) is 6.78. The minimum absolute atomic E-state index is 0.330. The maximum Gasteiger partial charge on any atom is 0.0760 e. The van der Waals surface area contributed by atoms with Crippen molar-refractivity contribution in [3.05, 3.63) is 11.6 Å². The van der Waals surface area contributed by atoms with Gasteiger partial charge in [0.05, 0.1) is 12.1 Å². The first-order chi connectivity index (χ1) is 7.83. The zero-order chi connectivity index (χ0) is 11.8. The first kappa shape index (κ1) is 13.7. The van der Waals surface area contributed by atoms with Crippen molar-refractivity contribution in [1.82, 2.24) is 5.32 Å². The van der Waals surface area contributed by atoms with Gasteiger partial charge < -0.3 is 10.1 Å². The van der Waals surface area contributed by atoms with E-state index in [0.717, 1.165) is 13.0 Å². The molecule has 0 aromatic carbocycles. The van der Waals surface area contributed by atoms with Gasteiger partial charge in [0.15, 0.2) is 0 Å². The van der Waals surface area contributed by atoms with E-state index in [1.807, 2.05) is 7.11 Å². The molecule has 0 saturated carbocycles. The molecule has 0 aromatic heterocycles. The Morgan fingerprint density at radius 3 is 2.69 bits per heavy atom. The zero-order valence-electron chi connectivity index (χ0n) is 11.1. The average molecular weight is 225 g/mol. The van der Waals surface area contributed by atoms with E-state index < -0.39 is 0 Å². The molecule has 0 aromatic rings. The maximum absolute atomic E-state index is 5.61. The first-order valence-electron chi connectivity index (χ1n) is 6.78. The van der Waals surface area contributed by atoms with Crippen molar-refractivity contribution in [2.75, 3.05) is 13.7 Å². The molecule has 2 nitrogen and oxygen atoms in total. The summed E-state index contributed by atoms with van der Waals surface area (Å²) in [4.78, 5) is 0. The molecule has 2 unspecified atom stereocenters. The van der Waals surface area contributed by atoms with Crippen LogP contribution >= 0.6 is 0 Å². The third-order valence-electron chi connectivity index (χ3n) is 3.42. The predicted molar refractivity (Wildman–Crippen MR) is 69.7 cm³/mol. The number of hydrogen-bond donors (Lipinski definition) is 1. The summed E-state index contributed by atoms with van der Waals surface area (Å²) < 4.78 is 5.61. The van der Waals surface area contributed by atoms with Crippen molar-refractivity contribution < 1.29 is 4.74 Å². The van der Waals surface area contributed by atoms with E-state index in [-0.39, 0.29) is 0 Å². The number of nitrogens with one attached hydrogen (secondary N) is 1. The number of methoxy groups -OCH3 is 1. The molecule has 1 rings (SSSR count). The van der Waals surface area contributed by atoms with Crippen molar-refractivity contribution in [2.45, 2.75) is 64.5 Å².